The molecule has 0 aliphatic rings. The smallest absolute Gasteiger partial charge is 0.290 e. The van der Waals surface area contributed by atoms with Gasteiger partial charge in [0.2, 0.25) is 11.8 Å². The molecule has 0 saturated carbocycles. The molecule has 0 radical (unpaired) electrons. The summed E-state index contributed by atoms with van der Waals surface area (Å²) in [5.41, 5.74) is 10.7. The first-order valence-corrected chi connectivity index (χ1v) is 6.22. The van der Waals surface area contributed by atoms with Crippen LogP contribution in [0.4, 0.5) is 0 Å². The van der Waals surface area contributed by atoms with Gasteiger partial charge in [0.1, 0.15) is 0 Å². The monoisotopic (exact) mass is 411 g/mol. The molecular weight excluding hydrogens is 387 g/mol. The maximum absolute atomic E-state index is 11.2. The van der Waals surface area contributed by atoms with Crippen LogP contribution in [0, 0.1) is 0 Å². The number of hydrogen-bond acceptors (Lipinski definition) is 5. The van der Waals surface area contributed by atoms with Gasteiger partial charge in [-0.3, -0.25) is 14.4 Å². The van der Waals surface area contributed by atoms with E-state index in [9.17, 15) is 14.4 Å². The number of hydrogen-bond donors (Lipinski definition) is 4. The summed E-state index contributed by atoms with van der Waals surface area (Å²) in [6.45, 7) is 6.93. The van der Waals surface area contributed by atoms with Gasteiger partial charge in [0, 0.05) is 32.9 Å². The predicted molar refractivity (Wildman–Crippen MR) is 78.3 cm³/mol. The van der Waals surface area contributed by atoms with Crippen LogP contribution < -0.4 is 16.4 Å². The van der Waals surface area contributed by atoms with Crippen molar-refractivity contribution in [3.8, 4) is 0 Å². The zero-order valence-corrected chi connectivity index (χ0v) is 14.7. The fourth-order valence-electron chi connectivity index (χ4n) is 0.648. The SMILES string of the molecule is CCC([NH-])=O.CCNC(=O)CNC(=O)C(C)(C)N.O=CO.[Pd]. The molecule has 0 heterocycles. The third-order valence-electron chi connectivity index (χ3n) is 1.69. The maximum Gasteiger partial charge on any atom is 0.290 e. The van der Waals surface area contributed by atoms with Gasteiger partial charge in [-0.25, -0.2) is 0 Å². The van der Waals surface area contributed by atoms with Crippen molar-refractivity contribution in [1.29, 1.82) is 0 Å². The molecule has 0 unspecified atom stereocenters. The molecule has 0 aliphatic heterocycles. The van der Waals surface area contributed by atoms with Crippen molar-refractivity contribution in [2.75, 3.05) is 13.1 Å². The normalized spacial score (nSPS) is 8.59. The Morgan fingerprint density at radius 2 is 1.59 bits per heavy atom. The second kappa shape index (κ2) is 17.6. The molecule has 22 heavy (non-hydrogen) atoms. The van der Waals surface area contributed by atoms with Gasteiger partial charge in [-0.2, -0.15) is 0 Å². The van der Waals surface area contributed by atoms with Gasteiger partial charge < -0.3 is 32.0 Å². The third kappa shape index (κ3) is 26.9. The molecule has 9 nitrogen and oxygen atoms in total. The van der Waals surface area contributed by atoms with Crippen LogP contribution in [0.5, 0.6) is 0 Å². The maximum atomic E-state index is 11.2. The van der Waals surface area contributed by atoms with E-state index in [-0.39, 0.29) is 45.3 Å². The Labute approximate surface area is 144 Å². The first kappa shape index (κ1) is 28.6. The second-order valence-electron chi connectivity index (χ2n) is 4.24. The minimum Gasteiger partial charge on any atom is -0.668 e. The largest absolute Gasteiger partial charge is 0.668 e. The summed E-state index contributed by atoms with van der Waals surface area (Å²) < 4.78 is 0. The minimum atomic E-state index is -0.938. The molecule has 3 amide bonds. The van der Waals surface area contributed by atoms with Gasteiger partial charge in [0.15, 0.2) is 0 Å². The van der Waals surface area contributed by atoms with Crippen molar-refractivity contribution in [3.63, 3.8) is 0 Å². The van der Waals surface area contributed by atoms with Gasteiger partial charge in [0.05, 0.1) is 12.1 Å². The van der Waals surface area contributed by atoms with E-state index in [0.29, 0.717) is 13.0 Å². The number of carbonyl (C=O) groups excluding carboxylic acids is 3. The first-order chi connectivity index (χ1) is 9.56. The molecule has 0 aromatic carbocycles. The van der Waals surface area contributed by atoms with Gasteiger partial charge in [-0.05, 0) is 27.2 Å². The molecule has 134 valence electrons. The molecule has 0 aliphatic carbocycles. The average Bonchev–Trinajstić information content (AvgIpc) is 2.36. The van der Waals surface area contributed by atoms with Crippen LogP contribution in [0.2, 0.25) is 0 Å². The number of nitrogens with two attached hydrogens (primary N) is 1. The molecule has 10 heteroatoms. The number of amides is 3. The predicted octanol–water partition coefficient (Wildman–Crippen LogP) is -0.350. The quantitative estimate of drug-likeness (QED) is 0.357. The van der Waals surface area contributed by atoms with E-state index in [1.807, 2.05) is 6.92 Å². The van der Waals surface area contributed by atoms with Crippen molar-refractivity contribution < 1.29 is 44.7 Å². The number of nitrogens with one attached hydrogen (secondary N) is 3. The second-order valence-corrected chi connectivity index (χ2v) is 4.24. The van der Waals surface area contributed by atoms with Crippen LogP contribution >= 0.6 is 0 Å². The van der Waals surface area contributed by atoms with Crippen LogP contribution in [0.25, 0.3) is 5.73 Å². The molecule has 0 saturated heterocycles. The molecule has 0 atom stereocenters. The van der Waals surface area contributed by atoms with Crippen molar-refractivity contribution >= 4 is 24.2 Å². The summed E-state index contributed by atoms with van der Waals surface area (Å²) in [6, 6.07) is 0. The first-order valence-electron chi connectivity index (χ1n) is 6.22. The van der Waals surface area contributed by atoms with Crippen molar-refractivity contribution in [2.45, 2.75) is 39.7 Å². The van der Waals surface area contributed by atoms with Gasteiger partial charge in [0.25, 0.3) is 6.47 Å². The van der Waals surface area contributed by atoms with E-state index in [1.165, 1.54) is 0 Å². The van der Waals surface area contributed by atoms with Crippen LogP contribution in [-0.4, -0.2) is 47.9 Å². The summed E-state index contributed by atoms with van der Waals surface area (Å²) in [4.78, 5) is 39.9. The van der Waals surface area contributed by atoms with Gasteiger partial charge in [-0.15, -0.1) is 0 Å². The van der Waals surface area contributed by atoms with Crippen molar-refractivity contribution in [3.05, 3.63) is 5.73 Å². The molecule has 0 bridgehead atoms. The fourth-order valence-corrected chi connectivity index (χ4v) is 0.648. The number of rotatable bonds is 5. The number of likely N-dealkylation sites (N-methyl/N-ethyl adjacent to an activating group) is 1. The van der Waals surface area contributed by atoms with Crippen LogP contribution in [-0.2, 0) is 39.6 Å². The molecule has 0 spiro atoms. The van der Waals surface area contributed by atoms with Crippen LogP contribution in [0.1, 0.15) is 34.1 Å². The van der Waals surface area contributed by atoms with E-state index in [0.717, 1.165) is 0 Å². The van der Waals surface area contributed by atoms with Crippen molar-refractivity contribution in [1.82, 2.24) is 10.6 Å². The molecule has 0 aromatic rings. The summed E-state index contributed by atoms with van der Waals surface area (Å²) in [5.74, 6) is -1.04. The molecular formula is C12H25N4O5Pd-. The zero-order valence-electron chi connectivity index (χ0n) is 13.2. The summed E-state index contributed by atoms with van der Waals surface area (Å²) in [5, 5.41) is 11.9. The Morgan fingerprint density at radius 3 is 1.82 bits per heavy atom. The van der Waals surface area contributed by atoms with Crippen LogP contribution in [0.3, 0.4) is 0 Å². The summed E-state index contributed by atoms with van der Waals surface area (Å²) in [7, 11) is 0. The molecule has 6 N–H and O–H groups in total. The fraction of sp³-hybridized carbons (Fsp3) is 0.667. The van der Waals surface area contributed by atoms with Gasteiger partial charge in [-0.1, -0.05) is 6.92 Å². The molecule has 0 fully saturated rings. The minimum absolute atomic E-state index is 0. The van der Waals surface area contributed by atoms with E-state index in [2.05, 4.69) is 10.6 Å². The van der Waals surface area contributed by atoms with E-state index in [4.69, 9.17) is 21.4 Å². The Balaban J connectivity index is -0.000000151. The van der Waals surface area contributed by atoms with Gasteiger partial charge >= 0.3 is 0 Å². The van der Waals surface area contributed by atoms with E-state index >= 15 is 0 Å². The standard InChI is InChI=1S/C8H17N3O2.C3H7NO.CH2O2.Pd/c1-4-10-6(12)5-11-7(13)8(2,3)9;1-2-3(4)5;2-1-3;/h4-5,9H2,1-3H3,(H,10,12)(H,11,13);2H2,1H3,(H2,4,5);1H,(H,2,3);/p-1. The van der Waals surface area contributed by atoms with Crippen LogP contribution in [0.15, 0.2) is 0 Å². The van der Waals surface area contributed by atoms with E-state index < -0.39 is 11.4 Å². The molecule has 0 rings (SSSR count). The number of carboxylic acid groups (broad SMARTS) is 1. The Hall–Kier alpha value is -1.50. The summed E-state index contributed by atoms with van der Waals surface area (Å²) >= 11 is 0. The Bertz CT molecular complexity index is 332. The third-order valence-corrected chi connectivity index (χ3v) is 1.69. The van der Waals surface area contributed by atoms with E-state index in [1.54, 1.807) is 20.8 Å². The average molecular weight is 412 g/mol. The Morgan fingerprint density at radius 1 is 1.23 bits per heavy atom. The number of carbonyl (C=O) groups is 4. The summed E-state index contributed by atoms with van der Waals surface area (Å²) in [6.07, 6.45) is 0.333. The van der Waals surface area contributed by atoms with Crippen molar-refractivity contribution in [2.24, 2.45) is 5.73 Å². The molecule has 0 aromatic heterocycles. The topological polar surface area (TPSA) is 162 Å². The zero-order chi connectivity index (χ0) is 17.5. The Kier molecular flexibility index (Phi) is 22.8.